The van der Waals surface area contributed by atoms with Crippen LogP contribution in [0.25, 0.3) is 0 Å². The Morgan fingerprint density at radius 1 is 1.00 bits per heavy atom. The maximum atomic E-state index is 12.8. The van der Waals surface area contributed by atoms with Crippen LogP contribution in [0, 0.1) is 13.8 Å². The van der Waals surface area contributed by atoms with E-state index in [-0.39, 0.29) is 15.5 Å². The Morgan fingerprint density at radius 3 is 2.39 bits per heavy atom. The highest BCUT2D eigenvalue weighted by Gasteiger charge is 2.21. The molecule has 0 aliphatic carbocycles. The molecule has 0 bridgehead atoms. The standard InChI is InChI=1S/C20H24ClN3O3S/c1-14-6-7-16(12-15(14)2)23-28(26,27)17-8-9-19(21)18(13-17)20(25)22-24-10-4-3-5-11-24/h6-9,12-13,23H,3-5,10-11H2,1-2H3,(H,22,25). The number of piperidine rings is 1. The van der Waals surface area contributed by atoms with Crippen molar-refractivity contribution in [3.8, 4) is 0 Å². The maximum absolute atomic E-state index is 12.8. The average Bonchev–Trinajstić information content (AvgIpc) is 2.65. The molecule has 8 heteroatoms. The van der Waals surface area contributed by atoms with Crippen molar-refractivity contribution in [2.75, 3.05) is 17.8 Å². The number of hydrazine groups is 1. The molecule has 2 aromatic carbocycles. The van der Waals surface area contributed by atoms with E-state index in [9.17, 15) is 13.2 Å². The van der Waals surface area contributed by atoms with Crippen LogP contribution >= 0.6 is 11.6 Å². The molecule has 1 fully saturated rings. The molecule has 1 saturated heterocycles. The Labute approximate surface area is 170 Å². The van der Waals surface area contributed by atoms with Crippen molar-refractivity contribution in [3.05, 3.63) is 58.1 Å². The number of carbonyl (C=O) groups excluding carboxylic acids is 1. The number of hydrogen-bond donors (Lipinski definition) is 2. The van der Waals surface area contributed by atoms with Crippen LogP contribution in [-0.4, -0.2) is 32.4 Å². The second kappa shape index (κ2) is 8.51. The number of rotatable bonds is 5. The molecular weight excluding hydrogens is 398 g/mol. The molecule has 6 nitrogen and oxygen atoms in total. The van der Waals surface area contributed by atoms with Gasteiger partial charge >= 0.3 is 0 Å². The van der Waals surface area contributed by atoms with Crippen molar-refractivity contribution in [1.29, 1.82) is 0 Å². The lowest BCUT2D eigenvalue weighted by atomic mass is 10.1. The number of carbonyl (C=O) groups is 1. The first-order valence-electron chi connectivity index (χ1n) is 9.22. The molecule has 0 atom stereocenters. The van der Waals surface area contributed by atoms with Gasteiger partial charge in [-0.25, -0.2) is 13.4 Å². The van der Waals surface area contributed by atoms with E-state index < -0.39 is 15.9 Å². The predicted molar refractivity (Wildman–Crippen MR) is 111 cm³/mol. The lowest BCUT2D eigenvalue weighted by molar-refractivity contribution is 0.0750. The third kappa shape index (κ3) is 4.84. The first-order valence-corrected chi connectivity index (χ1v) is 11.1. The summed E-state index contributed by atoms with van der Waals surface area (Å²) >= 11 is 6.16. The van der Waals surface area contributed by atoms with Gasteiger partial charge in [0, 0.05) is 18.8 Å². The smallest absolute Gasteiger partial charge is 0.267 e. The highest BCUT2D eigenvalue weighted by atomic mass is 35.5. The highest BCUT2D eigenvalue weighted by Crippen LogP contribution is 2.24. The molecule has 1 aliphatic heterocycles. The lowest BCUT2D eigenvalue weighted by Gasteiger charge is -2.27. The molecule has 2 aromatic rings. The zero-order valence-corrected chi connectivity index (χ0v) is 17.5. The number of anilines is 1. The molecule has 3 rings (SSSR count). The Morgan fingerprint density at radius 2 is 1.71 bits per heavy atom. The van der Waals surface area contributed by atoms with Gasteiger partial charge in [0.05, 0.1) is 15.5 Å². The van der Waals surface area contributed by atoms with E-state index in [0.29, 0.717) is 5.69 Å². The second-order valence-electron chi connectivity index (χ2n) is 7.03. The fourth-order valence-electron chi connectivity index (χ4n) is 3.07. The third-order valence-corrected chi connectivity index (χ3v) is 6.58. The average molecular weight is 422 g/mol. The van der Waals surface area contributed by atoms with Gasteiger partial charge in [-0.05, 0) is 68.1 Å². The van der Waals surface area contributed by atoms with Gasteiger partial charge in [0.25, 0.3) is 15.9 Å². The van der Waals surface area contributed by atoms with Gasteiger partial charge in [0.1, 0.15) is 0 Å². The van der Waals surface area contributed by atoms with Gasteiger partial charge in [-0.2, -0.15) is 0 Å². The number of amides is 1. The van der Waals surface area contributed by atoms with E-state index >= 15 is 0 Å². The summed E-state index contributed by atoms with van der Waals surface area (Å²) in [5.74, 6) is -0.407. The van der Waals surface area contributed by atoms with E-state index in [1.807, 2.05) is 24.9 Å². The largest absolute Gasteiger partial charge is 0.285 e. The Kier molecular flexibility index (Phi) is 6.27. The van der Waals surface area contributed by atoms with Gasteiger partial charge in [-0.1, -0.05) is 24.1 Å². The highest BCUT2D eigenvalue weighted by molar-refractivity contribution is 7.92. The monoisotopic (exact) mass is 421 g/mol. The number of nitrogens with zero attached hydrogens (tertiary/aromatic N) is 1. The Balaban J connectivity index is 1.82. The third-order valence-electron chi connectivity index (χ3n) is 4.87. The number of nitrogens with one attached hydrogen (secondary N) is 2. The minimum absolute atomic E-state index is 0.0149. The van der Waals surface area contributed by atoms with Gasteiger partial charge in [0.2, 0.25) is 0 Å². The van der Waals surface area contributed by atoms with Crippen molar-refractivity contribution in [1.82, 2.24) is 10.4 Å². The fraction of sp³-hybridized carbons (Fsp3) is 0.350. The molecule has 2 N–H and O–H groups in total. The van der Waals surface area contributed by atoms with Crippen LogP contribution in [0.1, 0.15) is 40.7 Å². The number of hydrogen-bond acceptors (Lipinski definition) is 4. The molecule has 0 spiro atoms. The summed E-state index contributed by atoms with van der Waals surface area (Å²) in [6.07, 6.45) is 3.18. The van der Waals surface area contributed by atoms with E-state index in [1.165, 1.54) is 18.2 Å². The molecule has 0 radical (unpaired) electrons. The molecule has 0 unspecified atom stereocenters. The van der Waals surface area contributed by atoms with E-state index in [1.54, 1.807) is 12.1 Å². The van der Waals surface area contributed by atoms with Crippen molar-refractivity contribution in [2.45, 2.75) is 38.0 Å². The van der Waals surface area contributed by atoms with Crippen LogP contribution in [0.5, 0.6) is 0 Å². The molecule has 0 aromatic heterocycles. The molecule has 150 valence electrons. The number of sulfonamides is 1. The first kappa shape index (κ1) is 20.6. The summed E-state index contributed by atoms with van der Waals surface area (Å²) in [5, 5.41) is 2.05. The zero-order valence-electron chi connectivity index (χ0n) is 16.0. The lowest BCUT2D eigenvalue weighted by Crippen LogP contribution is -2.45. The Bertz CT molecular complexity index is 986. The summed E-state index contributed by atoms with van der Waals surface area (Å²) in [5.41, 5.74) is 5.48. The predicted octanol–water partition coefficient (Wildman–Crippen LogP) is 3.89. The van der Waals surface area contributed by atoms with E-state index in [0.717, 1.165) is 43.5 Å². The molecular formula is C20H24ClN3O3S. The summed E-state index contributed by atoms with van der Waals surface area (Å²) in [7, 11) is -3.85. The number of benzene rings is 2. The van der Waals surface area contributed by atoms with Crippen molar-refractivity contribution in [2.24, 2.45) is 0 Å². The van der Waals surface area contributed by atoms with Crippen molar-refractivity contribution in [3.63, 3.8) is 0 Å². The topological polar surface area (TPSA) is 78.5 Å². The normalized spacial score (nSPS) is 15.2. The summed E-state index contributed by atoms with van der Waals surface area (Å²) in [6.45, 7) is 5.42. The van der Waals surface area contributed by atoms with Crippen LogP contribution in [0.15, 0.2) is 41.3 Å². The van der Waals surface area contributed by atoms with Gasteiger partial charge in [-0.15, -0.1) is 0 Å². The number of halogens is 1. The quantitative estimate of drug-likeness (QED) is 0.767. The van der Waals surface area contributed by atoms with Gasteiger partial charge in [-0.3, -0.25) is 14.9 Å². The van der Waals surface area contributed by atoms with E-state index in [4.69, 9.17) is 11.6 Å². The zero-order chi connectivity index (χ0) is 20.3. The molecule has 1 heterocycles. The maximum Gasteiger partial charge on any atom is 0.267 e. The van der Waals surface area contributed by atoms with Crippen LogP contribution in [0.3, 0.4) is 0 Å². The molecule has 28 heavy (non-hydrogen) atoms. The summed E-state index contributed by atoms with van der Waals surface area (Å²) in [6, 6.07) is 9.47. The SMILES string of the molecule is Cc1ccc(NS(=O)(=O)c2ccc(Cl)c(C(=O)NN3CCCCC3)c2)cc1C. The fourth-order valence-corrected chi connectivity index (χ4v) is 4.35. The minimum Gasteiger partial charge on any atom is -0.285 e. The molecule has 0 saturated carbocycles. The van der Waals surface area contributed by atoms with E-state index in [2.05, 4.69) is 10.1 Å². The van der Waals surface area contributed by atoms with Crippen LogP contribution in [0.4, 0.5) is 5.69 Å². The second-order valence-corrected chi connectivity index (χ2v) is 9.12. The Hall–Kier alpha value is -2.09. The summed E-state index contributed by atoms with van der Waals surface area (Å²) in [4.78, 5) is 12.6. The van der Waals surface area contributed by atoms with Crippen LogP contribution < -0.4 is 10.1 Å². The number of aryl methyl sites for hydroxylation is 2. The molecule has 1 aliphatic rings. The van der Waals surface area contributed by atoms with Gasteiger partial charge < -0.3 is 0 Å². The van der Waals surface area contributed by atoms with Gasteiger partial charge in [0.15, 0.2) is 0 Å². The van der Waals surface area contributed by atoms with Crippen molar-refractivity contribution >= 4 is 33.2 Å². The van der Waals surface area contributed by atoms with Crippen molar-refractivity contribution < 1.29 is 13.2 Å². The van der Waals surface area contributed by atoms with Crippen LogP contribution in [-0.2, 0) is 10.0 Å². The van der Waals surface area contributed by atoms with Crippen LogP contribution in [0.2, 0.25) is 5.02 Å². The summed E-state index contributed by atoms with van der Waals surface area (Å²) < 4.78 is 28.1. The minimum atomic E-state index is -3.85. The first-order chi connectivity index (χ1) is 13.3. The molecule has 1 amide bonds.